The minimum atomic E-state index is -1.28. The van der Waals surface area contributed by atoms with E-state index in [-0.39, 0.29) is 11.6 Å². The SMILES string of the molecule is Cc1nc(C(C)Nc2ccc(F)c(C(=O)O)c2)c(C)s1. The summed E-state index contributed by atoms with van der Waals surface area (Å²) in [7, 11) is 0. The first-order valence-corrected chi connectivity index (χ1v) is 6.93. The smallest absolute Gasteiger partial charge is 0.338 e. The molecule has 0 spiro atoms. The molecule has 2 N–H and O–H groups in total. The highest BCUT2D eigenvalue weighted by atomic mass is 32.1. The number of hydrogen-bond donors (Lipinski definition) is 2. The number of aryl methyl sites for hydroxylation is 2. The van der Waals surface area contributed by atoms with Crippen molar-refractivity contribution in [1.82, 2.24) is 4.98 Å². The van der Waals surface area contributed by atoms with E-state index >= 15 is 0 Å². The van der Waals surface area contributed by atoms with Crippen molar-refractivity contribution in [3.05, 3.63) is 45.2 Å². The summed E-state index contributed by atoms with van der Waals surface area (Å²) >= 11 is 1.61. The Morgan fingerprint density at radius 1 is 1.45 bits per heavy atom. The van der Waals surface area contributed by atoms with Gasteiger partial charge in [-0.05, 0) is 39.0 Å². The van der Waals surface area contributed by atoms with E-state index < -0.39 is 11.8 Å². The molecular weight excluding hydrogens is 279 g/mol. The van der Waals surface area contributed by atoms with Crippen LogP contribution in [0, 0.1) is 19.7 Å². The van der Waals surface area contributed by atoms with Gasteiger partial charge in [-0.3, -0.25) is 0 Å². The predicted octanol–water partition coefficient (Wildman–Crippen LogP) is 3.77. The third kappa shape index (κ3) is 2.96. The zero-order valence-corrected chi connectivity index (χ0v) is 12.2. The summed E-state index contributed by atoms with van der Waals surface area (Å²) in [5.41, 5.74) is 1.14. The van der Waals surface area contributed by atoms with Crippen LogP contribution >= 0.6 is 11.3 Å². The molecule has 1 aromatic heterocycles. The second kappa shape index (κ2) is 5.58. The third-order valence-electron chi connectivity index (χ3n) is 2.93. The van der Waals surface area contributed by atoms with Crippen LogP contribution in [0.2, 0.25) is 0 Å². The molecule has 0 saturated heterocycles. The molecule has 20 heavy (non-hydrogen) atoms. The molecule has 1 aromatic carbocycles. The van der Waals surface area contributed by atoms with Crippen molar-refractivity contribution in [3.8, 4) is 0 Å². The van der Waals surface area contributed by atoms with Gasteiger partial charge in [-0.1, -0.05) is 0 Å². The Labute approximate surface area is 120 Å². The first kappa shape index (κ1) is 14.5. The highest BCUT2D eigenvalue weighted by Gasteiger charge is 2.15. The van der Waals surface area contributed by atoms with Gasteiger partial charge in [0.2, 0.25) is 0 Å². The van der Waals surface area contributed by atoms with E-state index in [2.05, 4.69) is 10.3 Å². The molecule has 0 bridgehead atoms. The number of hydrogen-bond acceptors (Lipinski definition) is 4. The molecular formula is C14H15FN2O2S. The van der Waals surface area contributed by atoms with Crippen LogP contribution in [-0.4, -0.2) is 16.1 Å². The molecule has 0 aliphatic carbocycles. The lowest BCUT2D eigenvalue weighted by molar-refractivity contribution is 0.0692. The molecule has 1 unspecified atom stereocenters. The van der Waals surface area contributed by atoms with Crippen molar-refractivity contribution < 1.29 is 14.3 Å². The normalized spacial score (nSPS) is 12.2. The van der Waals surface area contributed by atoms with Gasteiger partial charge in [0.05, 0.1) is 22.3 Å². The standard InChI is InChI=1S/C14H15FN2O2S/c1-7(13-8(2)20-9(3)17-13)16-10-4-5-12(15)11(6-10)14(18)19/h4-7,16H,1-3H3,(H,18,19). The van der Waals surface area contributed by atoms with Crippen molar-refractivity contribution in [2.24, 2.45) is 0 Å². The minimum Gasteiger partial charge on any atom is -0.478 e. The second-order valence-corrected chi connectivity index (χ2v) is 5.95. The maximum atomic E-state index is 13.3. The van der Waals surface area contributed by atoms with Gasteiger partial charge in [-0.2, -0.15) is 0 Å². The van der Waals surface area contributed by atoms with Gasteiger partial charge in [-0.15, -0.1) is 11.3 Å². The molecule has 4 nitrogen and oxygen atoms in total. The lowest BCUT2D eigenvalue weighted by atomic mass is 10.1. The van der Waals surface area contributed by atoms with Crippen LogP contribution < -0.4 is 5.32 Å². The van der Waals surface area contributed by atoms with Gasteiger partial charge < -0.3 is 10.4 Å². The summed E-state index contributed by atoms with van der Waals surface area (Å²) < 4.78 is 13.3. The number of benzene rings is 1. The number of halogens is 1. The van der Waals surface area contributed by atoms with E-state index in [1.807, 2.05) is 20.8 Å². The molecule has 0 radical (unpaired) electrons. The van der Waals surface area contributed by atoms with Gasteiger partial charge in [0.1, 0.15) is 5.82 Å². The van der Waals surface area contributed by atoms with Crippen LogP contribution in [0.25, 0.3) is 0 Å². The van der Waals surface area contributed by atoms with Crippen LogP contribution in [0.4, 0.5) is 10.1 Å². The van der Waals surface area contributed by atoms with E-state index in [9.17, 15) is 9.18 Å². The molecule has 6 heteroatoms. The number of thiazole rings is 1. The molecule has 0 fully saturated rings. The monoisotopic (exact) mass is 294 g/mol. The van der Waals surface area contributed by atoms with Crippen molar-refractivity contribution in [2.45, 2.75) is 26.8 Å². The highest BCUT2D eigenvalue weighted by molar-refractivity contribution is 7.11. The first-order valence-electron chi connectivity index (χ1n) is 6.11. The van der Waals surface area contributed by atoms with E-state index in [1.165, 1.54) is 12.1 Å². The average molecular weight is 294 g/mol. The number of carbonyl (C=O) groups is 1. The number of rotatable bonds is 4. The molecule has 0 saturated carbocycles. The van der Waals surface area contributed by atoms with Gasteiger partial charge >= 0.3 is 5.97 Å². The van der Waals surface area contributed by atoms with Crippen LogP contribution in [0.1, 0.15) is 38.9 Å². The Balaban J connectivity index is 2.24. The molecule has 106 valence electrons. The van der Waals surface area contributed by atoms with E-state index in [1.54, 1.807) is 11.3 Å². The molecule has 0 amide bonds. The number of aromatic carboxylic acids is 1. The second-order valence-electron chi connectivity index (χ2n) is 4.54. The quantitative estimate of drug-likeness (QED) is 0.901. The number of anilines is 1. The fourth-order valence-electron chi connectivity index (χ4n) is 2.04. The van der Waals surface area contributed by atoms with Crippen LogP contribution in [0.5, 0.6) is 0 Å². The van der Waals surface area contributed by atoms with E-state index in [0.29, 0.717) is 5.69 Å². The molecule has 0 aliphatic heterocycles. The van der Waals surface area contributed by atoms with E-state index in [4.69, 9.17) is 5.11 Å². The summed E-state index contributed by atoms with van der Waals surface area (Å²) in [6, 6.07) is 3.89. The van der Waals surface area contributed by atoms with Gasteiger partial charge in [0.15, 0.2) is 0 Å². The summed E-state index contributed by atoms with van der Waals surface area (Å²) in [6.45, 7) is 5.87. The van der Waals surface area contributed by atoms with Crippen LogP contribution in [0.15, 0.2) is 18.2 Å². The third-order valence-corrected chi connectivity index (χ3v) is 3.83. The van der Waals surface area contributed by atoms with Gasteiger partial charge in [0, 0.05) is 10.6 Å². The number of carboxylic acids is 1. The highest BCUT2D eigenvalue weighted by Crippen LogP contribution is 2.26. The Morgan fingerprint density at radius 2 is 2.15 bits per heavy atom. The van der Waals surface area contributed by atoms with Crippen LogP contribution in [-0.2, 0) is 0 Å². The molecule has 2 aromatic rings. The molecule has 0 aliphatic rings. The Kier molecular flexibility index (Phi) is 4.04. The van der Waals surface area contributed by atoms with Crippen molar-refractivity contribution in [2.75, 3.05) is 5.32 Å². The zero-order valence-electron chi connectivity index (χ0n) is 11.4. The molecule has 1 heterocycles. The average Bonchev–Trinajstić information content (AvgIpc) is 2.70. The summed E-state index contributed by atoms with van der Waals surface area (Å²) in [5, 5.41) is 13.0. The summed E-state index contributed by atoms with van der Waals surface area (Å²) in [6.07, 6.45) is 0. The number of carboxylic acid groups (broad SMARTS) is 1. The largest absolute Gasteiger partial charge is 0.478 e. The van der Waals surface area contributed by atoms with E-state index in [0.717, 1.165) is 21.6 Å². The number of nitrogens with zero attached hydrogens (tertiary/aromatic N) is 1. The zero-order chi connectivity index (χ0) is 14.9. The van der Waals surface area contributed by atoms with Crippen LogP contribution in [0.3, 0.4) is 0 Å². The fraction of sp³-hybridized carbons (Fsp3) is 0.286. The Hall–Kier alpha value is -1.95. The van der Waals surface area contributed by atoms with Gasteiger partial charge in [0.25, 0.3) is 0 Å². The Bertz CT molecular complexity index is 655. The molecule has 2 rings (SSSR count). The fourth-order valence-corrected chi connectivity index (χ4v) is 2.96. The number of nitrogens with one attached hydrogen (secondary N) is 1. The minimum absolute atomic E-state index is 0.0768. The maximum absolute atomic E-state index is 13.3. The number of aromatic nitrogens is 1. The topological polar surface area (TPSA) is 62.2 Å². The summed E-state index contributed by atoms with van der Waals surface area (Å²) in [5.74, 6) is -2.02. The van der Waals surface area contributed by atoms with Crippen molar-refractivity contribution >= 4 is 23.0 Å². The predicted molar refractivity (Wildman–Crippen MR) is 77.0 cm³/mol. The van der Waals surface area contributed by atoms with Crippen molar-refractivity contribution in [1.29, 1.82) is 0 Å². The molecule has 1 atom stereocenters. The lowest BCUT2D eigenvalue weighted by Crippen LogP contribution is -2.10. The maximum Gasteiger partial charge on any atom is 0.338 e. The van der Waals surface area contributed by atoms with Crippen molar-refractivity contribution in [3.63, 3.8) is 0 Å². The summed E-state index contributed by atoms with van der Waals surface area (Å²) in [4.78, 5) is 16.5. The Morgan fingerprint density at radius 3 is 2.70 bits per heavy atom. The first-order chi connectivity index (χ1) is 9.38. The lowest BCUT2D eigenvalue weighted by Gasteiger charge is -2.14. The van der Waals surface area contributed by atoms with Gasteiger partial charge in [-0.25, -0.2) is 14.2 Å².